The van der Waals surface area contributed by atoms with Crippen molar-refractivity contribution in [2.45, 2.75) is 0 Å². The average molecular weight is 733 g/mol. The number of thiophene rings is 1. The molecule has 7 aromatic carbocycles. The Balaban J connectivity index is 1.03. The van der Waals surface area contributed by atoms with Crippen LogP contribution in [0.4, 0.5) is 0 Å². The van der Waals surface area contributed by atoms with Gasteiger partial charge in [-0.1, -0.05) is 164 Å². The summed E-state index contributed by atoms with van der Waals surface area (Å²) in [5, 5.41) is 3.68. The number of pyridine rings is 1. The second-order valence-corrected chi connectivity index (χ2v) is 15.0. The van der Waals surface area contributed by atoms with Gasteiger partial charge in [0.2, 0.25) is 0 Å². The Bertz CT molecular complexity index is 3150. The number of hydrogen-bond acceptors (Lipinski definition) is 4. The van der Waals surface area contributed by atoms with Gasteiger partial charge in [-0.15, -0.1) is 11.3 Å². The molecule has 4 aromatic heterocycles. The van der Waals surface area contributed by atoms with Gasteiger partial charge >= 0.3 is 0 Å². The molecule has 262 valence electrons. The lowest BCUT2D eigenvalue weighted by Crippen LogP contribution is -1.97. The molecule has 0 bridgehead atoms. The minimum absolute atomic E-state index is 0.712. The Morgan fingerprint density at radius 3 is 1.61 bits per heavy atom. The van der Waals surface area contributed by atoms with Crippen molar-refractivity contribution in [1.29, 1.82) is 0 Å². The second kappa shape index (κ2) is 13.3. The smallest absolute Gasteiger partial charge is 0.160 e. The van der Waals surface area contributed by atoms with Gasteiger partial charge in [0.25, 0.3) is 0 Å². The summed E-state index contributed by atoms with van der Waals surface area (Å²) >= 11 is 1.83. The first kappa shape index (κ1) is 32.2. The fraction of sp³-hybridized carbons (Fsp3) is 0. The molecule has 0 saturated heterocycles. The zero-order chi connectivity index (χ0) is 37.0. The highest BCUT2D eigenvalue weighted by molar-refractivity contribution is 7.26. The topological polar surface area (TPSA) is 43.6 Å². The fourth-order valence-electron chi connectivity index (χ4n) is 7.94. The summed E-state index contributed by atoms with van der Waals surface area (Å²) in [6, 6.07) is 68.2. The number of para-hydroxylation sites is 2. The van der Waals surface area contributed by atoms with Crippen LogP contribution < -0.4 is 0 Å². The van der Waals surface area contributed by atoms with Crippen LogP contribution in [0, 0.1) is 0 Å². The summed E-state index contributed by atoms with van der Waals surface area (Å²) in [4.78, 5) is 15.5. The Kier molecular flexibility index (Phi) is 7.64. The maximum atomic E-state index is 5.53. The molecule has 11 rings (SSSR count). The maximum absolute atomic E-state index is 5.53. The first-order valence-corrected chi connectivity index (χ1v) is 19.6. The van der Waals surface area contributed by atoms with Crippen LogP contribution >= 0.6 is 11.3 Å². The van der Waals surface area contributed by atoms with Crippen molar-refractivity contribution in [3.63, 3.8) is 0 Å². The van der Waals surface area contributed by atoms with E-state index in [2.05, 4.69) is 162 Å². The molecule has 11 aromatic rings. The molecule has 4 nitrogen and oxygen atoms in total. The van der Waals surface area contributed by atoms with E-state index in [1.54, 1.807) is 0 Å². The Morgan fingerprint density at radius 1 is 0.411 bits per heavy atom. The van der Waals surface area contributed by atoms with Crippen molar-refractivity contribution in [1.82, 2.24) is 19.5 Å². The molecule has 0 atom stereocenters. The zero-order valence-corrected chi connectivity index (χ0v) is 31.0. The molecule has 0 saturated carbocycles. The van der Waals surface area contributed by atoms with Crippen LogP contribution in [0.5, 0.6) is 0 Å². The summed E-state index contributed by atoms with van der Waals surface area (Å²) in [7, 11) is 0. The van der Waals surface area contributed by atoms with Crippen molar-refractivity contribution >= 4 is 53.4 Å². The summed E-state index contributed by atoms with van der Waals surface area (Å²) < 4.78 is 4.87. The summed E-state index contributed by atoms with van der Waals surface area (Å²) in [6.45, 7) is 0. The molecule has 0 radical (unpaired) electrons. The lowest BCUT2D eigenvalue weighted by molar-refractivity contribution is 1.17. The van der Waals surface area contributed by atoms with E-state index in [0.29, 0.717) is 5.82 Å². The zero-order valence-electron chi connectivity index (χ0n) is 30.2. The number of aromatic nitrogens is 4. The molecular weight excluding hydrogens is 701 g/mol. The van der Waals surface area contributed by atoms with Gasteiger partial charge in [0.1, 0.15) is 0 Å². The highest BCUT2D eigenvalue weighted by Gasteiger charge is 2.23. The average Bonchev–Trinajstić information content (AvgIpc) is 3.83. The molecule has 0 spiro atoms. The van der Waals surface area contributed by atoms with Crippen molar-refractivity contribution in [3.05, 3.63) is 194 Å². The van der Waals surface area contributed by atoms with E-state index in [4.69, 9.17) is 15.0 Å². The minimum atomic E-state index is 0.712. The number of benzene rings is 7. The molecule has 4 heterocycles. The fourth-order valence-corrected chi connectivity index (χ4v) is 9.14. The third-order valence-corrected chi connectivity index (χ3v) is 11.8. The van der Waals surface area contributed by atoms with Gasteiger partial charge in [0.05, 0.1) is 38.3 Å². The van der Waals surface area contributed by atoms with Crippen LogP contribution in [0.3, 0.4) is 0 Å². The van der Waals surface area contributed by atoms with Gasteiger partial charge in [-0.3, -0.25) is 0 Å². The minimum Gasteiger partial charge on any atom is -0.307 e. The SMILES string of the molecule is c1ccc(-c2cc(-c3ccc(-c4ccc(-c5nc6c7ccccc7sc6c6c7ccccc7n(-c7ccccc7)c56)cc4)cc3)nc(-c3ccccc3)n2)cc1. The predicted octanol–water partition coefficient (Wildman–Crippen LogP) is 13.7. The molecule has 56 heavy (non-hydrogen) atoms. The quantitative estimate of drug-likeness (QED) is 0.171. The second-order valence-electron chi connectivity index (χ2n) is 14.0. The van der Waals surface area contributed by atoms with Crippen molar-refractivity contribution in [3.8, 4) is 62.0 Å². The first-order chi connectivity index (χ1) is 27.8. The summed E-state index contributed by atoms with van der Waals surface area (Å²) in [6.07, 6.45) is 0. The number of fused-ring (bicyclic) bond motifs is 7. The Labute approximate surface area is 327 Å². The van der Waals surface area contributed by atoms with Gasteiger partial charge < -0.3 is 4.57 Å². The van der Waals surface area contributed by atoms with E-state index in [0.717, 1.165) is 67.2 Å². The number of rotatable bonds is 6. The van der Waals surface area contributed by atoms with Gasteiger partial charge in [-0.2, -0.15) is 0 Å². The number of hydrogen-bond donors (Lipinski definition) is 0. The molecular formula is C51H32N4S. The lowest BCUT2D eigenvalue weighted by atomic mass is 9.99. The maximum Gasteiger partial charge on any atom is 0.160 e. The van der Waals surface area contributed by atoms with E-state index in [1.807, 2.05) is 47.7 Å². The van der Waals surface area contributed by atoms with Crippen molar-refractivity contribution in [2.24, 2.45) is 0 Å². The highest BCUT2D eigenvalue weighted by atomic mass is 32.1. The van der Waals surface area contributed by atoms with E-state index < -0.39 is 0 Å². The predicted molar refractivity (Wildman–Crippen MR) is 234 cm³/mol. The van der Waals surface area contributed by atoms with E-state index >= 15 is 0 Å². The lowest BCUT2D eigenvalue weighted by Gasteiger charge is -2.12. The molecule has 0 unspecified atom stereocenters. The van der Waals surface area contributed by atoms with Crippen molar-refractivity contribution < 1.29 is 0 Å². The summed E-state index contributed by atoms with van der Waals surface area (Å²) in [5.74, 6) is 0.712. The molecule has 0 fully saturated rings. The third-order valence-electron chi connectivity index (χ3n) is 10.6. The van der Waals surface area contributed by atoms with E-state index in [9.17, 15) is 0 Å². The van der Waals surface area contributed by atoms with Gasteiger partial charge in [-0.05, 0) is 41.5 Å². The van der Waals surface area contributed by atoms with Gasteiger partial charge in [0, 0.05) is 48.8 Å². The molecule has 0 aliphatic heterocycles. The van der Waals surface area contributed by atoms with Crippen molar-refractivity contribution in [2.75, 3.05) is 0 Å². The van der Waals surface area contributed by atoms with Crippen LogP contribution in [0.1, 0.15) is 0 Å². The molecule has 0 amide bonds. The largest absolute Gasteiger partial charge is 0.307 e. The van der Waals surface area contributed by atoms with Crippen LogP contribution in [-0.2, 0) is 0 Å². The van der Waals surface area contributed by atoms with Crippen LogP contribution in [-0.4, -0.2) is 19.5 Å². The standard InChI is InChI=1S/C51H32N4S/c1-4-14-35(15-5-1)42-32-43(53-51(52-42)38-16-6-2-7-17-38)36-28-24-33(25-29-36)34-26-30-37(31-27-34)47-49-46(50-48(54-47)41-21-11-13-23-45(41)56-50)40-20-10-12-22-44(40)55(49)39-18-8-3-9-19-39/h1-32H. The third kappa shape index (κ3) is 5.40. The molecule has 0 aliphatic rings. The monoisotopic (exact) mass is 732 g/mol. The normalized spacial score (nSPS) is 11.6. The Morgan fingerprint density at radius 2 is 0.929 bits per heavy atom. The Hall–Kier alpha value is -7.21. The summed E-state index contributed by atoms with van der Waals surface area (Å²) in [5.41, 5.74) is 13.7. The van der Waals surface area contributed by atoms with Crippen LogP contribution in [0.15, 0.2) is 194 Å². The first-order valence-electron chi connectivity index (χ1n) is 18.8. The molecule has 0 N–H and O–H groups in total. The van der Waals surface area contributed by atoms with E-state index in [1.165, 1.54) is 31.1 Å². The van der Waals surface area contributed by atoms with Gasteiger partial charge in [0.15, 0.2) is 5.82 Å². The van der Waals surface area contributed by atoms with Crippen LogP contribution in [0.25, 0.3) is 104 Å². The highest BCUT2D eigenvalue weighted by Crippen LogP contribution is 2.46. The van der Waals surface area contributed by atoms with Gasteiger partial charge in [-0.25, -0.2) is 15.0 Å². The van der Waals surface area contributed by atoms with E-state index in [-0.39, 0.29) is 0 Å². The number of nitrogens with zero attached hydrogens (tertiary/aromatic N) is 4. The molecule has 5 heteroatoms. The molecule has 0 aliphatic carbocycles. The van der Waals surface area contributed by atoms with Crippen LogP contribution in [0.2, 0.25) is 0 Å².